The van der Waals surface area contributed by atoms with Crippen LogP contribution in [0, 0.1) is 0 Å². The summed E-state index contributed by atoms with van der Waals surface area (Å²) in [7, 11) is 0. The van der Waals surface area contributed by atoms with Crippen molar-refractivity contribution in [2.75, 3.05) is 18.0 Å². The third kappa shape index (κ3) is 3.76. The van der Waals surface area contributed by atoms with Crippen molar-refractivity contribution in [1.29, 1.82) is 0 Å². The molecule has 0 aromatic heterocycles. The molecule has 0 saturated heterocycles. The van der Waals surface area contributed by atoms with Crippen LogP contribution in [0.25, 0.3) is 0 Å². The minimum absolute atomic E-state index is 0.0574. The summed E-state index contributed by atoms with van der Waals surface area (Å²) >= 11 is 6.11. The maximum atomic E-state index is 12.7. The van der Waals surface area contributed by atoms with Gasteiger partial charge in [-0.2, -0.15) is 13.2 Å². The molecule has 0 unspecified atom stereocenters. The number of para-hydroxylation sites is 1. The predicted molar refractivity (Wildman–Crippen MR) is 70.6 cm³/mol. The van der Waals surface area contributed by atoms with E-state index < -0.39 is 12.7 Å². The molecular formula is C13H16ClF3N2. The number of anilines is 1. The van der Waals surface area contributed by atoms with E-state index >= 15 is 0 Å². The molecule has 19 heavy (non-hydrogen) atoms. The summed E-state index contributed by atoms with van der Waals surface area (Å²) in [5.41, 5.74) is 6.79. The van der Waals surface area contributed by atoms with Crippen molar-refractivity contribution in [3.63, 3.8) is 0 Å². The molecule has 0 amide bonds. The van der Waals surface area contributed by atoms with Crippen molar-refractivity contribution in [3.05, 3.63) is 28.8 Å². The second kappa shape index (κ2) is 5.59. The Hall–Kier alpha value is -0.940. The number of rotatable bonds is 5. The van der Waals surface area contributed by atoms with E-state index in [0.29, 0.717) is 23.7 Å². The lowest BCUT2D eigenvalue weighted by molar-refractivity contribution is -0.120. The standard InChI is InChI=1S/C13H16ClF3N2/c14-11-3-1-2-9(6-7-18)12(11)19(10-4-5-10)8-13(15,16)17/h1-3,10H,4-8,18H2. The highest BCUT2D eigenvalue weighted by Gasteiger charge is 2.39. The Morgan fingerprint density at radius 3 is 2.53 bits per heavy atom. The quantitative estimate of drug-likeness (QED) is 0.901. The first-order chi connectivity index (χ1) is 8.92. The molecule has 0 heterocycles. The number of halogens is 4. The fraction of sp³-hybridized carbons (Fsp3) is 0.538. The van der Waals surface area contributed by atoms with Crippen molar-refractivity contribution >= 4 is 17.3 Å². The van der Waals surface area contributed by atoms with Crippen LogP contribution in [0.2, 0.25) is 5.02 Å². The zero-order valence-electron chi connectivity index (χ0n) is 10.4. The van der Waals surface area contributed by atoms with E-state index in [1.54, 1.807) is 18.2 Å². The Kier molecular flexibility index (Phi) is 4.26. The van der Waals surface area contributed by atoms with Crippen molar-refractivity contribution in [1.82, 2.24) is 0 Å². The monoisotopic (exact) mass is 292 g/mol. The normalized spacial score (nSPS) is 15.6. The van der Waals surface area contributed by atoms with E-state index in [-0.39, 0.29) is 6.04 Å². The average Bonchev–Trinajstić information content (AvgIpc) is 3.10. The van der Waals surface area contributed by atoms with Crippen molar-refractivity contribution < 1.29 is 13.2 Å². The van der Waals surface area contributed by atoms with Gasteiger partial charge in [-0.25, -0.2) is 0 Å². The Morgan fingerprint density at radius 2 is 2.00 bits per heavy atom. The van der Waals surface area contributed by atoms with Gasteiger partial charge in [-0.1, -0.05) is 23.7 Å². The van der Waals surface area contributed by atoms with Gasteiger partial charge in [0.2, 0.25) is 0 Å². The molecule has 2 nitrogen and oxygen atoms in total. The molecule has 1 aliphatic carbocycles. The van der Waals surface area contributed by atoms with Gasteiger partial charge in [-0.05, 0) is 37.4 Å². The number of hydrogen-bond acceptors (Lipinski definition) is 2. The highest BCUT2D eigenvalue weighted by Crippen LogP contribution is 2.39. The van der Waals surface area contributed by atoms with Crippen molar-refractivity contribution in [2.24, 2.45) is 5.73 Å². The molecule has 106 valence electrons. The Bertz CT molecular complexity index is 444. The molecule has 0 spiro atoms. The minimum Gasteiger partial charge on any atom is -0.358 e. The van der Waals surface area contributed by atoms with Crippen LogP contribution in [-0.4, -0.2) is 25.3 Å². The maximum Gasteiger partial charge on any atom is 0.405 e. The van der Waals surface area contributed by atoms with Crippen LogP contribution in [0.15, 0.2) is 18.2 Å². The van der Waals surface area contributed by atoms with Crippen LogP contribution in [0.1, 0.15) is 18.4 Å². The van der Waals surface area contributed by atoms with Crippen molar-refractivity contribution in [3.8, 4) is 0 Å². The number of nitrogens with zero attached hydrogens (tertiary/aromatic N) is 1. The number of hydrogen-bond donors (Lipinski definition) is 1. The lowest BCUT2D eigenvalue weighted by atomic mass is 10.1. The molecular weight excluding hydrogens is 277 g/mol. The molecule has 1 aliphatic rings. The average molecular weight is 293 g/mol. The van der Waals surface area contributed by atoms with Gasteiger partial charge < -0.3 is 10.6 Å². The fourth-order valence-electron chi connectivity index (χ4n) is 2.21. The van der Waals surface area contributed by atoms with Crippen LogP contribution in [0.4, 0.5) is 18.9 Å². The third-order valence-corrected chi connectivity index (χ3v) is 3.41. The molecule has 1 saturated carbocycles. The zero-order valence-corrected chi connectivity index (χ0v) is 11.1. The summed E-state index contributed by atoms with van der Waals surface area (Å²) in [5, 5.41) is 0.363. The first-order valence-corrected chi connectivity index (χ1v) is 6.61. The lowest BCUT2D eigenvalue weighted by Gasteiger charge is -2.29. The van der Waals surface area contributed by atoms with E-state index in [1.807, 2.05) is 0 Å². The summed E-state index contributed by atoms with van der Waals surface area (Å²) < 4.78 is 38.2. The largest absolute Gasteiger partial charge is 0.405 e. The van der Waals surface area contributed by atoms with Crippen LogP contribution in [-0.2, 0) is 6.42 Å². The molecule has 6 heteroatoms. The second-order valence-electron chi connectivity index (χ2n) is 4.76. The van der Waals surface area contributed by atoms with E-state index in [4.69, 9.17) is 17.3 Å². The van der Waals surface area contributed by atoms with Crippen LogP contribution in [0.3, 0.4) is 0 Å². The Morgan fingerprint density at radius 1 is 1.32 bits per heavy atom. The third-order valence-electron chi connectivity index (χ3n) is 3.11. The summed E-state index contributed by atoms with van der Waals surface area (Å²) in [4.78, 5) is 1.38. The van der Waals surface area contributed by atoms with Crippen LogP contribution in [0.5, 0.6) is 0 Å². The predicted octanol–water partition coefficient (Wildman–Crippen LogP) is 3.37. The molecule has 0 radical (unpaired) electrons. The Labute approximate surface area is 115 Å². The van der Waals surface area contributed by atoms with E-state index in [2.05, 4.69) is 0 Å². The van der Waals surface area contributed by atoms with E-state index in [9.17, 15) is 13.2 Å². The highest BCUT2D eigenvalue weighted by molar-refractivity contribution is 6.33. The molecule has 0 aliphatic heterocycles. The van der Waals surface area contributed by atoms with Gasteiger partial charge in [0.15, 0.2) is 0 Å². The first kappa shape index (κ1) is 14.5. The molecule has 2 rings (SSSR count). The van der Waals surface area contributed by atoms with Gasteiger partial charge in [-0.3, -0.25) is 0 Å². The molecule has 0 atom stereocenters. The first-order valence-electron chi connectivity index (χ1n) is 6.23. The van der Waals surface area contributed by atoms with E-state index in [1.165, 1.54) is 4.90 Å². The molecule has 0 bridgehead atoms. The zero-order chi connectivity index (χ0) is 14.0. The summed E-state index contributed by atoms with van der Waals surface area (Å²) in [6, 6.07) is 5.11. The van der Waals surface area contributed by atoms with Crippen molar-refractivity contribution in [2.45, 2.75) is 31.5 Å². The van der Waals surface area contributed by atoms with Gasteiger partial charge in [0.25, 0.3) is 0 Å². The second-order valence-corrected chi connectivity index (χ2v) is 5.17. The number of alkyl halides is 3. The van der Waals surface area contributed by atoms with Crippen LogP contribution >= 0.6 is 11.6 Å². The maximum absolute atomic E-state index is 12.7. The minimum atomic E-state index is -4.23. The molecule has 1 aromatic rings. The lowest BCUT2D eigenvalue weighted by Crippen LogP contribution is -2.37. The molecule has 1 aromatic carbocycles. The molecule has 1 fully saturated rings. The number of nitrogens with two attached hydrogens (primary N) is 1. The van der Waals surface area contributed by atoms with Gasteiger partial charge in [0, 0.05) is 6.04 Å². The Balaban J connectivity index is 2.35. The summed E-state index contributed by atoms with van der Waals surface area (Å²) in [6.45, 7) is -0.573. The summed E-state index contributed by atoms with van der Waals surface area (Å²) in [5.74, 6) is 0. The highest BCUT2D eigenvalue weighted by atomic mass is 35.5. The topological polar surface area (TPSA) is 29.3 Å². The van der Waals surface area contributed by atoms with Gasteiger partial charge in [0.05, 0.1) is 10.7 Å². The summed E-state index contributed by atoms with van der Waals surface area (Å²) in [6.07, 6.45) is -2.15. The van der Waals surface area contributed by atoms with Gasteiger partial charge in [-0.15, -0.1) is 0 Å². The SMILES string of the molecule is NCCc1cccc(Cl)c1N(CC(F)(F)F)C1CC1. The number of benzene rings is 1. The van der Waals surface area contributed by atoms with Gasteiger partial charge >= 0.3 is 6.18 Å². The van der Waals surface area contributed by atoms with Gasteiger partial charge in [0.1, 0.15) is 6.54 Å². The van der Waals surface area contributed by atoms with E-state index in [0.717, 1.165) is 18.4 Å². The smallest absolute Gasteiger partial charge is 0.358 e. The fourth-order valence-corrected chi connectivity index (χ4v) is 2.51. The molecule has 2 N–H and O–H groups in total. The van der Waals surface area contributed by atoms with Crippen LogP contribution < -0.4 is 10.6 Å².